The van der Waals surface area contributed by atoms with E-state index >= 15 is 0 Å². The lowest BCUT2D eigenvalue weighted by Crippen LogP contribution is -2.20. The zero-order valence-electron chi connectivity index (χ0n) is 13.2. The van der Waals surface area contributed by atoms with Crippen molar-refractivity contribution in [3.05, 3.63) is 108 Å². The van der Waals surface area contributed by atoms with Crippen molar-refractivity contribution in [1.82, 2.24) is 0 Å². The summed E-state index contributed by atoms with van der Waals surface area (Å²) in [5, 5.41) is 9.80. The maximum atomic E-state index is 13.2. The maximum Gasteiger partial charge on any atom is 0.171 e. The molecule has 0 N–H and O–H groups in total. The summed E-state index contributed by atoms with van der Waals surface area (Å²) in [7, 11) is 0. The number of carbonyl (C=O) groups excluding carboxylic acids is 1. The zero-order valence-corrected chi connectivity index (χ0v) is 13.2. The molecule has 0 bridgehead atoms. The van der Waals surface area contributed by atoms with Gasteiger partial charge in [0.1, 0.15) is 0 Å². The molecule has 0 aromatic heterocycles. The van der Waals surface area contributed by atoms with E-state index in [1.165, 1.54) is 0 Å². The van der Waals surface area contributed by atoms with Gasteiger partial charge in [0.15, 0.2) is 5.78 Å². The third kappa shape index (κ3) is 3.26. The van der Waals surface area contributed by atoms with Crippen molar-refractivity contribution < 1.29 is 4.79 Å². The number of rotatable bonds is 5. The number of Topliss-reactive ketones (excluding diaryl/α,β-unsaturated/α-hetero) is 1. The van der Waals surface area contributed by atoms with Gasteiger partial charge in [-0.2, -0.15) is 5.26 Å². The van der Waals surface area contributed by atoms with Crippen molar-refractivity contribution in [2.45, 2.75) is 11.8 Å². The Bertz CT molecular complexity index is 835. The molecule has 0 spiro atoms. The zero-order chi connectivity index (χ0) is 16.8. The molecule has 2 nitrogen and oxygen atoms in total. The Labute approximate surface area is 142 Å². The molecule has 3 aromatic carbocycles. The summed E-state index contributed by atoms with van der Waals surface area (Å²) in [5.41, 5.74) is 2.35. The van der Waals surface area contributed by atoms with Crippen molar-refractivity contribution in [2.75, 3.05) is 0 Å². The highest BCUT2D eigenvalue weighted by Gasteiger charge is 2.31. The Morgan fingerprint density at radius 1 is 0.708 bits per heavy atom. The lowest BCUT2D eigenvalue weighted by molar-refractivity contribution is 0.0953. The van der Waals surface area contributed by atoms with Gasteiger partial charge >= 0.3 is 0 Å². The third-order valence-electron chi connectivity index (χ3n) is 4.13. The lowest BCUT2D eigenvalue weighted by atomic mass is 9.78. The molecular formula is C22H17NO. The van der Waals surface area contributed by atoms with Crippen LogP contribution in [0.4, 0.5) is 0 Å². The highest BCUT2D eigenvalue weighted by atomic mass is 16.1. The average molecular weight is 311 g/mol. The molecule has 2 unspecified atom stereocenters. The van der Waals surface area contributed by atoms with Crippen LogP contribution >= 0.6 is 0 Å². The summed E-state index contributed by atoms with van der Waals surface area (Å²) in [6.45, 7) is 0. The normalized spacial score (nSPS) is 12.8. The van der Waals surface area contributed by atoms with Gasteiger partial charge in [-0.05, 0) is 11.1 Å². The van der Waals surface area contributed by atoms with E-state index in [1.807, 2.05) is 78.9 Å². The highest BCUT2D eigenvalue weighted by Crippen LogP contribution is 2.35. The van der Waals surface area contributed by atoms with Crippen LogP contribution in [0.15, 0.2) is 91.0 Å². The lowest BCUT2D eigenvalue weighted by Gasteiger charge is -2.22. The Hall–Kier alpha value is -3.18. The van der Waals surface area contributed by atoms with Crippen LogP contribution in [-0.2, 0) is 0 Å². The van der Waals surface area contributed by atoms with Crippen molar-refractivity contribution in [3.8, 4) is 6.07 Å². The van der Waals surface area contributed by atoms with Gasteiger partial charge in [0.2, 0.25) is 0 Å². The quantitative estimate of drug-likeness (QED) is 0.625. The second kappa shape index (κ2) is 7.39. The van der Waals surface area contributed by atoms with Gasteiger partial charge in [-0.3, -0.25) is 4.79 Å². The van der Waals surface area contributed by atoms with E-state index in [4.69, 9.17) is 0 Å². The van der Waals surface area contributed by atoms with E-state index in [2.05, 4.69) is 6.07 Å². The first-order valence-corrected chi connectivity index (χ1v) is 7.90. The van der Waals surface area contributed by atoms with Crippen LogP contribution < -0.4 is 0 Å². The fourth-order valence-electron chi connectivity index (χ4n) is 2.94. The van der Waals surface area contributed by atoms with Gasteiger partial charge in [-0.25, -0.2) is 0 Å². The fraction of sp³-hybridized carbons (Fsp3) is 0.0909. The first-order chi connectivity index (χ1) is 11.8. The molecule has 0 aliphatic carbocycles. The molecule has 3 rings (SSSR count). The molecule has 2 heteroatoms. The van der Waals surface area contributed by atoms with E-state index in [1.54, 1.807) is 12.1 Å². The number of benzene rings is 3. The monoisotopic (exact) mass is 311 g/mol. The predicted octanol–water partition coefficient (Wildman–Crippen LogP) is 4.96. The van der Waals surface area contributed by atoms with Gasteiger partial charge in [0.05, 0.1) is 17.9 Å². The van der Waals surface area contributed by atoms with Crippen molar-refractivity contribution in [3.63, 3.8) is 0 Å². The Morgan fingerprint density at radius 3 is 1.67 bits per heavy atom. The molecule has 0 aliphatic rings. The molecule has 3 aromatic rings. The molecular weight excluding hydrogens is 294 g/mol. The Kier molecular flexibility index (Phi) is 4.84. The van der Waals surface area contributed by atoms with Gasteiger partial charge in [0, 0.05) is 5.56 Å². The molecule has 0 radical (unpaired) electrons. The summed E-state index contributed by atoms with van der Waals surface area (Å²) in [4.78, 5) is 13.2. The van der Waals surface area contributed by atoms with Crippen molar-refractivity contribution in [1.29, 1.82) is 5.26 Å². The van der Waals surface area contributed by atoms with Crippen LogP contribution in [0.2, 0.25) is 0 Å². The largest absolute Gasteiger partial charge is 0.293 e. The molecule has 0 saturated heterocycles. The molecule has 24 heavy (non-hydrogen) atoms. The van der Waals surface area contributed by atoms with E-state index in [9.17, 15) is 10.1 Å². The van der Waals surface area contributed by atoms with E-state index in [0.717, 1.165) is 11.1 Å². The van der Waals surface area contributed by atoms with E-state index in [0.29, 0.717) is 5.56 Å². The van der Waals surface area contributed by atoms with Crippen LogP contribution in [0, 0.1) is 11.3 Å². The Balaban J connectivity index is 2.09. The summed E-state index contributed by atoms with van der Waals surface area (Å²) in [6.07, 6.45) is 0. The maximum absolute atomic E-state index is 13.2. The molecule has 2 atom stereocenters. The summed E-state index contributed by atoms with van der Waals surface area (Å²) >= 11 is 0. The number of nitrogens with zero attached hydrogens (tertiary/aromatic N) is 1. The molecule has 0 amide bonds. The molecule has 0 fully saturated rings. The van der Waals surface area contributed by atoms with Gasteiger partial charge < -0.3 is 0 Å². The van der Waals surface area contributed by atoms with Gasteiger partial charge in [0.25, 0.3) is 0 Å². The SMILES string of the molecule is N#CC(c1ccccc1)C(C(=O)c1ccccc1)c1ccccc1. The number of nitriles is 1. The second-order valence-corrected chi connectivity index (χ2v) is 5.64. The predicted molar refractivity (Wildman–Crippen MR) is 94.8 cm³/mol. The van der Waals surface area contributed by atoms with Crippen LogP contribution in [0.25, 0.3) is 0 Å². The standard InChI is InChI=1S/C22H17NO/c23-16-20(17-10-4-1-5-11-17)21(18-12-6-2-7-13-18)22(24)19-14-8-3-9-15-19/h1-15,20-21H. The first-order valence-electron chi connectivity index (χ1n) is 7.90. The van der Waals surface area contributed by atoms with Crippen LogP contribution in [0.1, 0.15) is 33.3 Å². The van der Waals surface area contributed by atoms with Crippen molar-refractivity contribution >= 4 is 5.78 Å². The van der Waals surface area contributed by atoms with Crippen LogP contribution in [0.5, 0.6) is 0 Å². The molecule has 0 heterocycles. The topological polar surface area (TPSA) is 40.9 Å². The molecule has 116 valence electrons. The smallest absolute Gasteiger partial charge is 0.171 e. The highest BCUT2D eigenvalue weighted by molar-refractivity contribution is 6.02. The third-order valence-corrected chi connectivity index (χ3v) is 4.13. The second-order valence-electron chi connectivity index (χ2n) is 5.64. The summed E-state index contributed by atoms with van der Waals surface area (Å²) in [6, 6.07) is 30.6. The Morgan fingerprint density at radius 2 is 1.17 bits per heavy atom. The fourth-order valence-corrected chi connectivity index (χ4v) is 2.94. The number of hydrogen-bond acceptors (Lipinski definition) is 2. The number of carbonyl (C=O) groups is 1. The molecule has 0 saturated carbocycles. The minimum atomic E-state index is -0.527. The van der Waals surface area contributed by atoms with Crippen LogP contribution in [-0.4, -0.2) is 5.78 Å². The minimum Gasteiger partial charge on any atom is -0.293 e. The van der Waals surface area contributed by atoms with E-state index < -0.39 is 11.8 Å². The average Bonchev–Trinajstić information content (AvgIpc) is 2.67. The van der Waals surface area contributed by atoms with E-state index in [-0.39, 0.29) is 5.78 Å². The summed E-state index contributed by atoms with van der Waals surface area (Å²) < 4.78 is 0. The van der Waals surface area contributed by atoms with Gasteiger partial charge in [-0.15, -0.1) is 0 Å². The van der Waals surface area contributed by atoms with Crippen molar-refractivity contribution in [2.24, 2.45) is 0 Å². The number of hydrogen-bond donors (Lipinski definition) is 0. The number of ketones is 1. The first kappa shape index (κ1) is 15.7. The van der Waals surface area contributed by atoms with Crippen LogP contribution in [0.3, 0.4) is 0 Å². The summed E-state index contributed by atoms with van der Waals surface area (Å²) in [5.74, 6) is -1.08. The minimum absolute atomic E-state index is 0.0304. The molecule has 0 aliphatic heterocycles. The van der Waals surface area contributed by atoms with Gasteiger partial charge in [-0.1, -0.05) is 91.0 Å².